The first-order valence-corrected chi connectivity index (χ1v) is 10.7. The number of ether oxygens (including phenoxy) is 1. The molecule has 3 aliphatic rings. The lowest BCUT2D eigenvalue weighted by molar-refractivity contribution is 0.122. The molecule has 7 heteroatoms. The minimum absolute atomic E-state index is 0.0213. The summed E-state index contributed by atoms with van der Waals surface area (Å²) in [5.74, 6) is 0.690. The molecule has 29 heavy (non-hydrogen) atoms. The van der Waals surface area contributed by atoms with Crippen LogP contribution in [-0.2, 0) is 30.7 Å². The van der Waals surface area contributed by atoms with Gasteiger partial charge in [0, 0.05) is 57.6 Å². The van der Waals surface area contributed by atoms with E-state index in [2.05, 4.69) is 44.9 Å². The smallest absolute Gasteiger partial charge is 0.255 e. The van der Waals surface area contributed by atoms with Crippen molar-refractivity contribution in [2.45, 2.75) is 32.4 Å². The number of fused-ring (bicyclic) bond motifs is 2. The minimum Gasteiger partial charge on any atom is -0.378 e. The van der Waals surface area contributed by atoms with E-state index in [1.165, 1.54) is 23.2 Å². The second-order valence-corrected chi connectivity index (χ2v) is 8.36. The topological polar surface area (TPSA) is 64.7 Å². The lowest BCUT2D eigenvalue weighted by atomic mass is 9.99. The number of hydrogen-bond donors (Lipinski definition) is 1. The van der Waals surface area contributed by atoms with E-state index in [4.69, 9.17) is 9.72 Å². The van der Waals surface area contributed by atoms with Gasteiger partial charge in [-0.25, -0.2) is 4.98 Å². The molecular weight excluding hydrogens is 366 g/mol. The average Bonchev–Trinajstić information content (AvgIpc) is 2.74. The summed E-state index contributed by atoms with van der Waals surface area (Å²) < 4.78 is 5.42. The number of H-pyrrole nitrogens is 1. The normalized spacial score (nSPS) is 19.8. The van der Waals surface area contributed by atoms with E-state index < -0.39 is 0 Å². The Morgan fingerprint density at radius 2 is 2.00 bits per heavy atom. The SMILES string of the molecule is CN1CCCc2cc(CN3CCc4c(nc(N5CCOCC5)[nH]c4=O)C3)ccc21. The molecule has 0 radical (unpaired) electrons. The van der Waals surface area contributed by atoms with Gasteiger partial charge in [-0.2, -0.15) is 0 Å². The lowest BCUT2D eigenvalue weighted by Crippen LogP contribution is -2.40. The molecule has 0 spiro atoms. The van der Waals surface area contributed by atoms with Crippen LogP contribution in [0.25, 0.3) is 0 Å². The zero-order chi connectivity index (χ0) is 19.8. The van der Waals surface area contributed by atoms with Crippen LogP contribution in [0.4, 0.5) is 11.6 Å². The van der Waals surface area contributed by atoms with Crippen LogP contribution in [-0.4, -0.2) is 61.3 Å². The minimum atomic E-state index is 0.0213. The van der Waals surface area contributed by atoms with Gasteiger partial charge in [0.2, 0.25) is 5.95 Å². The number of nitrogens with zero attached hydrogens (tertiary/aromatic N) is 4. The first-order valence-electron chi connectivity index (χ1n) is 10.7. The fourth-order valence-electron chi connectivity index (χ4n) is 4.74. The van der Waals surface area contributed by atoms with E-state index in [-0.39, 0.29) is 5.56 Å². The highest BCUT2D eigenvalue weighted by atomic mass is 16.5. The Balaban J connectivity index is 1.34. The third-order valence-corrected chi connectivity index (χ3v) is 6.35. The largest absolute Gasteiger partial charge is 0.378 e. The number of benzene rings is 1. The summed E-state index contributed by atoms with van der Waals surface area (Å²) in [6.45, 7) is 6.57. The number of hydrogen-bond acceptors (Lipinski definition) is 6. The molecule has 0 bridgehead atoms. The van der Waals surface area contributed by atoms with Crippen molar-refractivity contribution in [1.29, 1.82) is 0 Å². The molecule has 5 rings (SSSR count). The first-order chi connectivity index (χ1) is 14.2. The number of nitrogens with one attached hydrogen (secondary N) is 1. The van der Waals surface area contributed by atoms with Gasteiger partial charge in [0.25, 0.3) is 5.56 Å². The molecule has 7 nitrogen and oxygen atoms in total. The second kappa shape index (κ2) is 7.80. The summed E-state index contributed by atoms with van der Waals surface area (Å²) in [5.41, 5.74) is 5.98. The molecule has 0 saturated carbocycles. The Morgan fingerprint density at radius 3 is 2.86 bits per heavy atom. The van der Waals surface area contributed by atoms with Crippen LogP contribution in [0.15, 0.2) is 23.0 Å². The van der Waals surface area contributed by atoms with Gasteiger partial charge >= 0.3 is 0 Å². The molecule has 1 N–H and O–H groups in total. The van der Waals surface area contributed by atoms with Crippen molar-refractivity contribution in [2.75, 3.05) is 56.2 Å². The average molecular weight is 396 g/mol. The van der Waals surface area contributed by atoms with E-state index in [9.17, 15) is 4.79 Å². The van der Waals surface area contributed by atoms with E-state index in [0.29, 0.717) is 19.2 Å². The number of aryl methyl sites for hydroxylation is 1. The quantitative estimate of drug-likeness (QED) is 0.851. The highest BCUT2D eigenvalue weighted by Gasteiger charge is 2.24. The Kier molecular flexibility index (Phi) is 5.01. The van der Waals surface area contributed by atoms with Crippen molar-refractivity contribution in [3.8, 4) is 0 Å². The van der Waals surface area contributed by atoms with Crippen molar-refractivity contribution in [2.24, 2.45) is 0 Å². The van der Waals surface area contributed by atoms with Crippen LogP contribution in [0.1, 0.15) is 28.8 Å². The van der Waals surface area contributed by atoms with Crippen molar-refractivity contribution in [3.05, 3.63) is 50.9 Å². The van der Waals surface area contributed by atoms with Crippen LogP contribution < -0.4 is 15.4 Å². The number of rotatable bonds is 3. The molecule has 154 valence electrons. The molecule has 2 aromatic rings. The predicted molar refractivity (Wildman–Crippen MR) is 114 cm³/mol. The zero-order valence-electron chi connectivity index (χ0n) is 17.1. The van der Waals surface area contributed by atoms with Crippen LogP contribution in [0.2, 0.25) is 0 Å². The van der Waals surface area contributed by atoms with Gasteiger partial charge in [-0.1, -0.05) is 12.1 Å². The summed E-state index contributed by atoms with van der Waals surface area (Å²) in [6.07, 6.45) is 3.14. The van der Waals surface area contributed by atoms with E-state index in [1.54, 1.807) is 0 Å². The molecule has 0 aliphatic carbocycles. The Hall–Kier alpha value is -2.38. The molecule has 1 aromatic carbocycles. The maximum Gasteiger partial charge on any atom is 0.255 e. The van der Waals surface area contributed by atoms with Gasteiger partial charge in [0.1, 0.15) is 0 Å². The summed E-state index contributed by atoms with van der Waals surface area (Å²) in [6, 6.07) is 6.88. The van der Waals surface area contributed by atoms with Gasteiger partial charge in [0.15, 0.2) is 0 Å². The zero-order valence-corrected chi connectivity index (χ0v) is 17.1. The Morgan fingerprint density at radius 1 is 1.14 bits per heavy atom. The molecule has 1 aromatic heterocycles. The number of anilines is 2. The van der Waals surface area contributed by atoms with E-state index in [0.717, 1.165) is 63.4 Å². The fourth-order valence-corrected chi connectivity index (χ4v) is 4.74. The highest BCUT2D eigenvalue weighted by molar-refractivity contribution is 5.56. The molecule has 3 aliphatic heterocycles. The molecular formula is C22H29N5O2. The third kappa shape index (κ3) is 3.76. The van der Waals surface area contributed by atoms with Crippen molar-refractivity contribution in [3.63, 3.8) is 0 Å². The predicted octanol–water partition coefficient (Wildman–Crippen LogP) is 1.55. The fraction of sp³-hybridized carbons (Fsp3) is 0.545. The van der Waals surface area contributed by atoms with Gasteiger partial charge in [-0.3, -0.25) is 14.7 Å². The second-order valence-electron chi connectivity index (χ2n) is 8.36. The molecule has 1 saturated heterocycles. The van der Waals surface area contributed by atoms with E-state index >= 15 is 0 Å². The van der Waals surface area contributed by atoms with Gasteiger partial charge in [-0.05, 0) is 36.5 Å². The molecule has 0 amide bonds. The van der Waals surface area contributed by atoms with Crippen LogP contribution >= 0.6 is 0 Å². The van der Waals surface area contributed by atoms with Crippen molar-refractivity contribution in [1.82, 2.24) is 14.9 Å². The summed E-state index contributed by atoms with van der Waals surface area (Å²) in [7, 11) is 2.18. The van der Waals surface area contributed by atoms with Crippen LogP contribution in [0.3, 0.4) is 0 Å². The maximum absolute atomic E-state index is 12.6. The van der Waals surface area contributed by atoms with Crippen LogP contribution in [0.5, 0.6) is 0 Å². The molecule has 0 unspecified atom stereocenters. The first kappa shape index (κ1) is 18.6. The van der Waals surface area contributed by atoms with Crippen molar-refractivity contribution < 1.29 is 4.74 Å². The molecule has 4 heterocycles. The number of aromatic nitrogens is 2. The summed E-state index contributed by atoms with van der Waals surface area (Å²) >= 11 is 0. The lowest BCUT2D eigenvalue weighted by Gasteiger charge is -2.31. The Labute approximate surface area is 171 Å². The summed E-state index contributed by atoms with van der Waals surface area (Å²) in [5, 5.41) is 0. The monoisotopic (exact) mass is 395 g/mol. The molecule has 0 atom stereocenters. The summed E-state index contributed by atoms with van der Waals surface area (Å²) in [4.78, 5) is 27.3. The van der Waals surface area contributed by atoms with E-state index in [1.807, 2.05) is 0 Å². The van der Waals surface area contributed by atoms with Gasteiger partial charge in [-0.15, -0.1) is 0 Å². The highest BCUT2D eigenvalue weighted by Crippen LogP contribution is 2.28. The molecule has 1 fully saturated rings. The Bertz CT molecular complexity index is 951. The third-order valence-electron chi connectivity index (χ3n) is 6.35. The number of morpholine rings is 1. The van der Waals surface area contributed by atoms with Gasteiger partial charge in [0.05, 0.1) is 18.9 Å². The number of aromatic amines is 1. The van der Waals surface area contributed by atoms with Crippen LogP contribution in [0, 0.1) is 0 Å². The van der Waals surface area contributed by atoms with Crippen molar-refractivity contribution >= 4 is 11.6 Å². The maximum atomic E-state index is 12.6. The standard InChI is InChI=1S/C22H29N5O2/c1-25-7-2-3-17-13-16(4-5-20(17)25)14-26-8-6-18-19(15-26)23-22(24-21(18)28)27-9-11-29-12-10-27/h4-5,13H,2-3,6-12,14-15H2,1H3,(H,23,24,28). The van der Waals surface area contributed by atoms with Gasteiger partial charge < -0.3 is 14.5 Å².